The molecule has 0 unspecified atom stereocenters. The molecule has 0 aliphatic heterocycles. The van der Waals surface area contributed by atoms with Crippen LogP contribution in [0.3, 0.4) is 0 Å². The van der Waals surface area contributed by atoms with E-state index < -0.39 is 5.82 Å². The van der Waals surface area contributed by atoms with Crippen LogP contribution in [0.1, 0.15) is 22.4 Å². The number of ether oxygens (including phenoxy) is 1. The summed E-state index contributed by atoms with van der Waals surface area (Å²) >= 11 is 27.6. The van der Waals surface area contributed by atoms with Crippen molar-refractivity contribution in [1.29, 1.82) is 5.26 Å². The standard InChI is InChI=1S/C7H6N2.C7H9NO.2C7H9N.C6H5ClFN.3C6H6ClN.2C6H6FN.C6H8N2.C5H5ClN2/c8-5-6-2-1-3-7(9)4-6;1-9-7-4-2-3-6(8)5-7;1-6-2-4-7(8)5-3-6;1-6-4-2-3-5-7(6)8;7-5-3-4(9)1-2-6(5)8;7-5-1-3-6(8)4-2-5;7-5-2-1-3-6(8)4-5;7-5-3-1-2-4-6(5)8;7-5-1-3-6(8)4-2-5;7-5-3-1-2-4-6(5)8;1-5-3-2-4-6(7)8-5;6-4-1-2-5(7)8-3-4/h1-4H,9H2;2-5H,8H2,1H3;2*2-5H,8H2,1H3;1-3H,9H2;5*1-4H,8H2;2-4H,1H3,(H2,7,8);1-3H,(H2,7,8). The molecule has 518 valence electrons. The molecule has 0 aliphatic rings. The molecule has 0 bridgehead atoms. The summed E-state index contributed by atoms with van der Waals surface area (Å²) in [5, 5.41) is 11.1. The van der Waals surface area contributed by atoms with Crippen LogP contribution in [0.5, 0.6) is 5.75 Å². The van der Waals surface area contributed by atoms with E-state index in [2.05, 4.69) is 9.97 Å². The molecule has 0 amide bonds. The Bertz CT molecular complexity index is 3720. The number of halogens is 8. The van der Waals surface area contributed by atoms with Crippen molar-refractivity contribution in [1.82, 2.24) is 9.97 Å². The quantitative estimate of drug-likeness (QED) is 0.0679. The molecular weight excluding hydrogens is 1360 g/mol. The molecule has 0 aliphatic carbocycles. The maximum atomic E-state index is 12.3. The van der Waals surface area contributed by atoms with E-state index in [1.54, 1.807) is 122 Å². The first-order chi connectivity index (χ1) is 47.0. The molecule has 0 saturated carbocycles. The number of methoxy groups -OCH3 is 1. The molecule has 99 heavy (non-hydrogen) atoms. The van der Waals surface area contributed by atoms with Crippen LogP contribution in [0.25, 0.3) is 0 Å². The fourth-order valence-electron chi connectivity index (χ4n) is 6.25. The van der Waals surface area contributed by atoms with Crippen molar-refractivity contribution < 1.29 is 17.9 Å². The van der Waals surface area contributed by atoms with E-state index in [0.717, 1.165) is 44.8 Å². The van der Waals surface area contributed by atoms with E-state index in [-0.39, 0.29) is 22.3 Å². The summed E-state index contributed by atoms with van der Waals surface area (Å²) in [7, 11) is 1.62. The molecule has 0 spiro atoms. The molecule has 0 fully saturated rings. The maximum absolute atomic E-state index is 12.3. The van der Waals surface area contributed by atoms with E-state index in [1.807, 2.05) is 124 Å². The van der Waals surface area contributed by atoms with Gasteiger partial charge in [-0.2, -0.15) is 5.26 Å². The molecule has 2 heterocycles. The minimum absolute atomic E-state index is 0.0648. The maximum Gasteiger partial charge on any atom is 0.146 e. The fourth-order valence-corrected chi connectivity index (χ4v) is 7.01. The number of nitrogen functional groups attached to an aromatic ring is 12. The molecule has 0 radical (unpaired) electrons. The Morgan fingerprint density at radius 1 is 0.364 bits per heavy atom. The minimum Gasteiger partial charge on any atom is -0.497 e. The van der Waals surface area contributed by atoms with Gasteiger partial charge in [-0.05, 0) is 208 Å². The second-order valence-corrected chi connectivity index (χ2v) is 21.9. The summed E-state index contributed by atoms with van der Waals surface area (Å²) in [4.78, 5) is 7.68. The predicted molar refractivity (Wildman–Crippen MR) is 416 cm³/mol. The smallest absolute Gasteiger partial charge is 0.146 e. The monoisotopic (exact) mass is 1440 g/mol. The molecule has 0 saturated heterocycles. The molecule has 2 aromatic heterocycles. The lowest BCUT2D eigenvalue weighted by Gasteiger charge is -1.97. The van der Waals surface area contributed by atoms with Gasteiger partial charge >= 0.3 is 0 Å². The second kappa shape index (κ2) is 50.1. The Hall–Kier alpha value is -11.4. The summed E-state index contributed by atoms with van der Waals surface area (Å²) < 4.78 is 41.5. The number of para-hydroxylation sites is 3. The number of pyridine rings is 2. The molecule has 0 atom stereocenters. The van der Waals surface area contributed by atoms with Crippen molar-refractivity contribution in [3.05, 3.63) is 338 Å². The zero-order chi connectivity index (χ0) is 74.1. The van der Waals surface area contributed by atoms with Crippen molar-refractivity contribution in [2.24, 2.45) is 0 Å². The van der Waals surface area contributed by atoms with Crippen LogP contribution in [-0.4, -0.2) is 17.1 Å². The minimum atomic E-state index is -0.439. The van der Waals surface area contributed by atoms with E-state index in [9.17, 15) is 13.2 Å². The van der Waals surface area contributed by atoms with Crippen molar-refractivity contribution in [3.63, 3.8) is 0 Å². The third-order valence-corrected chi connectivity index (χ3v) is 12.7. The lowest BCUT2D eigenvalue weighted by molar-refractivity contribution is 0.415. The molecule has 12 aromatic rings. The Balaban J connectivity index is 0.000000540. The Kier molecular flexibility index (Phi) is 43.3. The largest absolute Gasteiger partial charge is 0.497 e. The number of anilines is 12. The van der Waals surface area contributed by atoms with Gasteiger partial charge in [0.2, 0.25) is 0 Å². The molecular formula is C75H81Cl5F3N15O. The number of nitriles is 1. The molecule has 10 aromatic carbocycles. The highest BCUT2D eigenvalue weighted by molar-refractivity contribution is 6.33. The number of aromatic nitrogens is 2. The highest BCUT2D eigenvalue weighted by atomic mass is 35.5. The van der Waals surface area contributed by atoms with Crippen LogP contribution in [0.4, 0.5) is 81.7 Å². The van der Waals surface area contributed by atoms with E-state index in [0.29, 0.717) is 60.7 Å². The first-order valence-corrected chi connectivity index (χ1v) is 31.0. The van der Waals surface area contributed by atoms with E-state index in [4.69, 9.17) is 137 Å². The fraction of sp³-hybridized carbons (Fsp3) is 0.0533. The van der Waals surface area contributed by atoms with Crippen molar-refractivity contribution in [2.75, 3.05) is 75.9 Å². The summed E-state index contributed by atoms with van der Waals surface area (Å²) in [5.41, 5.74) is 74.6. The lowest BCUT2D eigenvalue weighted by atomic mass is 10.2. The average Bonchev–Trinajstić information content (AvgIpc) is 1.88. The molecule has 24 N–H and O–H groups in total. The SMILES string of the molecule is COc1cccc(N)c1.Cc1ccc(N)cc1.Cc1cccc(N)n1.Cc1ccccc1N.N#Cc1cccc(N)c1.Nc1ccc(Cl)cc1.Nc1ccc(Cl)cn1.Nc1ccc(F)c(Cl)c1.Nc1ccc(F)cc1.Nc1cccc(Cl)c1.Nc1ccccc1Cl.Nc1ccccc1F. The van der Waals surface area contributed by atoms with Gasteiger partial charge in [-0.15, -0.1) is 0 Å². The topological polar surface area (TPSA) is 371 Å². The van der Waals surface area contributed by atoms with Crippen molar-refractivity contribution in [3.8, 4) is 11.8 Å². The summed E-state index contributed by atoms with van der Waals surface area (Å²) in [5.74, 6) is 0.840. The van der Waals surface area contributed by atoms with Crippen molar-refractivity contribution >= 4 is 127 Å². The summed E-state index contributed by atoms with van der Waals surface area (Å²) in [6.45, 7) is 5.95. The number of hydrogen-bond acceptors (Lipinski definition) is 16. The first-order valence-electron chi connectivity index (χ1n) is 29.1. The number of aryl methyl sites for hydroxylation is 3. The van der Waals surface area contributed by atoms with Crippen LogP contribution in [-0.2, 0) is 0 Å². The first kappa shape index (κ1) is 85.6. The predicted octanol–water partition coefficient (Wildman–Crippen LogP) is 18.5. The number of benzene rings is 10. The zero-order valence-electron chi connectivity index (χ0n) is 54.7. The van der Waals surface area contributed by atoms with Gasteiger partial charge in [0, 0.05) is 73.5 Å². The highest BCUT2D eigenvalue weighted by Gasteiger charge is 1.97. The number of nitrogens with two attached hydrogens (primary N) is 12. The van der Waals surface area contributed by atoms with Gasteiger partial charge in [-0.3, -0.25) is 0 Å². The van der Waals surface area contributed by atoms with E-state index >= 15 is 0 Å². The van der Waals surface area contributed by atoms with Gasteiger partial charge < -0.3 is 73.5 Å². The Morgan fingerprint density at radius 2 is 0.838 bits per heavy atom. The number of rotatable bonds is 1. The third kappa shape index (κ3) is 44.1. The van der Waals surface area contributed by atoms with Crippen LogP contribution in [0.15, 0.2) is 273 Å². The normalized spacial score (nSPS) is 9.08. The Labute approximate surface area is 602 Å². The van der Waals surface area contributed by atoms with E-state index in [1.165, 1.54) is 66.4 Å². The number of hydrogen-bond donors (Lipinski definition) is 12. The van der Waals surface area contributed by atoms with Gasteiger partial charge in [-0.1, -0.05) is 142 Å². The van der Waals surface area contributed by atoms with Crippen LogP contribution in [0, 0.1) is 49.6 Å². The Morgan fingerprint density at radius 3 is 1.17 bits per heavy atom. The van der Waals surface area contributed by atoms with Gasteiger partial charge in [0.05, 0.1) is 45.2 Å². The van der Waals surface area contributed by atoms with Crippen LogP contribution < -0.4 is 73.5 Å². The molecule has 16 nitrogen and oxygen atoms in total. The molecule has 24 heteroatoms. The van der Waals surface area contributed by atoms with Crippen LogP contribution in [0.2, 0.25) is 25.1 Å². The second-order valence-electron chi connectivity index (χ2n) is 19.8. The van der Waals surface area contributed by atoms with Gasteiger partial charge in [0.25, 0.3) is 0 Å². The van der Waals surface area contributed by atoms with Gasteiger partial charge in [0.1, 0.15) is 34.8 Å². The van der Waals surface area contributed by atoms with Crippen molar-refractivity contribution in [2.45, 2.75) is 20.8 Å². The molecule has 12 rings (SSSR count). The average molecular weight is 1440 g/mol. The lowest BCUT2D eigenvalue weighted by Crippen LogP contribution is -1.89. The highest BCUT2D eigenvalue weighted by Crippen LogP contribution is 2.18. The van der Waals surface area contributed by atoms with Gasteiger partial charge in [0.15, 0.2) is 0 Å². The zero-order valence-corrected chi connectivity index (χ0v) is 58.5. The summed E-state index contributed by atoms with van der Waals surface area (Å²) in [6, 6.07) is 78.0. The number of nitrogens with zero attached hydrogens (tertiary/aromatic N) is 3. The van der Waals surface area contributed by atoms with Gasteiger partial charge in [-0.25, -0.2) is 23.1 Å². The van der Waals surface area contributed by atoms with Crippen LogP contribution >= 0.6 is 58.0 Å². The summed E-state index contributed by atoms with van der Waals surface area (Å²) in [6.07, 6.45) is 1.51. The third-order valence-electron chi connectivity index (χ3n) is 11.4.